The van der Waals surface area contributed by atoms with Crippen molar-refractivity contribution in [2.24, 2.45) is 0 Å². The number of rotatable bonds is 3. The number of halogens is 3. The number of imidazole rings is 1. The van der Waals surface area contributed by atoms with Crippen molar-refractivity contribution in [3.05, 3.63) is 42.2 Å². The van der Waals surface area contributed by atoms with Crippen molar-refractivity contribution in [2.45, 2.75) is 38.0 Å². The largest absolute Gasteiger partial charge is 0.420 e. The minimum Gasteiger partial charge on any atom is -0.378 e. The number of hydrogen-bond acceptors (Lipinski definition) is 4. The summed E-state index contributed by atoms with van der Waals surface area (Å²) in [6.07, 6.45) is -5.37. The van der Waals surface area contributed by atoms with Crippen molar-refractivity contribution in [1.82, 2.24) is 14.5 Å². The summed E-state index contributed by atoms with van der Waals surface area (Å²) in [5.41, 5.74) is -1.59. The zero-order valence-electron chi connectivity index (χ0n) is 13.0. The Morgan fingerprint density at radius 1 is 1.17 bits per heavy atom. The zero-order chi connectivity index (χ0) is 17.5. The predicted octanol–water partition coefficient (Wildman–Crippen LogP) is 2.00. The van der Waals surface area contributed by atoms with Gasteiger partial charge in [-0.15, -0.1) is 0 Å². The highest BCUT2D eigenvalue weighted by molar-refractivity contribution is 5.56. The molecule has 2 heterocycles. The van der Waals surface area contributed by atoms with Gasteiger partial charge in [0.05, 0.1) is 11.9 Å². The number of alkyl halides is 3. The van der Waals surface area contributed by atoms with Crippen LogP contribution in [0.3, 0.4) is 0 Å². The van der Waals surface area contributed by atoms with Gasteiger partial charge >= 0.3 is 6.18 Å². The highest BCUT2D eigenvalue weighted by Gasteiger charge is 2.56. The van der Waals surface area contributed by atoms with Crippen LogP contribution in [-0.4, -0.2) is 49.2 Å². The third kappa shape index (κ3) is 2.81. The molecular formula is C16H18F3N3O2. The summed E-state index contributed by atoms with van der Waals surface area (Å²) in [5, 5.41) is 19.7. The molecule has 1 aliphatic rings. The van der Waals surface area contributed by atoms with Crippen LogP contribution in [0.2, 0.25) is 0 Å². The molecule has 0 spiro atoms. The molecule has 0 aliphatic carbocycles. The third-order valence-electron chi connectivity index (χ3n) is 4.37. The molecule has 0 saturated carbocycles. The van der Waals surface area contributed by atoms with Gasteiger partial charge in [-0.3, -0.25) is 4.90 Å². The van der Waals surface area contributed by atoms with E-state index in [1.54, 1.807) is 6.20 Å². The van der Waals surface area contributed by atoms with E-state index in [4.69, 9.17) is 0 Å². The molecule has 24 heavy (non-hydrogen) atoms. The summed E-state index contributed by atoms with van der Waals surface area (Å²) < 4.78 is 40.6. The molecule has 5 nitrogen and oxygen atoms in total. The van der Waals surface area contributed by atoms with E-state index in [1.165, 1.54) is 4.90 Å². The van der Waals surface area contributed by atoms with Crippen molar-refractivity contribution in [2.75, 3.05) is 6.54 Å². The standard InChI is InChI=1S/C16H18F3N3O2/c1-15(24,16(17,18)19)14(23)21-7-8-22-12(10-21)9-20-13(22)11-5-3-2-4-6-11/h2-6,9,14,23-24H,7-8,10H2,1H3/t14?,15-/m1/s1. The second-order valence-electron chi connectivity index (χ2n) is 6.08. The lowest BCUT2D eigenvalue weighted by Crippen LogP contribution is -2.60. The summed E-state index contributed by atoms with van der Waals surface area (Å²) in [4.78, 5) is 5.55. The molecule has 2 aromatic rings. The Kier molecular flexibility index (Phi) is 4.15. The number of benzene rings is 1. The molecule has 0 saturated heterocycles. The van der Waals surface area contributed by atoms with E-state index in [-0.39, 0.29) is 13.1 Å². The number of aliphatic hydroxyl groups excluding tert-OH is 1. The Morgan fingerprint density at radius 3 is 2.46 bits per heavy atom. The molecule has 2 atom stereocenters. The van der Waals surface area contributed by atoms with Crippen LogP contribution in [0.4, 0.5) is 13.2 Å². The first-order valence-corrected chi connectivity index (χ1v) is 7.53. The van der Waals surface area contributed by atoms with Crippen LogP contribution < -0.4 is 0 Å². The first-order chi connectivity index (χ1) is 11.2. The second-order valence-corrected chi connectivity index (χ2v) is 6.08. The van der Waals surface area contributed by atoms with Crippen molar-refractivity contribution < 1.29 is 23.4 Å². The quantitative estimate of drug-likeness (QED) is 0.896. The van der Waals surface area contributed by atoms with Crippen LogP contribution in [0, 0.1) is 0 Å². The fourth-order valence-corrected chi connectivity index (χ4v) is 2.83. The van der Waals surface area contributed by atoms with Gasteiger partial charge in [0.25, 0.3) is 0 Å². The molecule has 0 fully saturated rings. The van der Waals surface area contributed by atoms with E-state index < -0.39 is 18.0 Å². The Balaban J connectivity index is 1.83. The van der Waals surface area contributed by atoms with Crippen LogP contribution in [-0.2, 0) is 13.1 Å². The zero-order valence-corrected chi connectivity index (χ0v) is 13.0. The highest BCUT2D eigenvalue weighted by atomic mass is 19.4. The average molecular weight is 341 g/mol. The van der Waals surface area contributed by atoms with Crippen molar-refractivity contribution >= 4 is 0 Å². The second kappa shape index (κ2) is 5.87. The lowest BCUT2D eigenvalue weighted by molar-refractivity contribution is -0.306. The molecule has 1 aliphatic heterocycles. The molecule has 1 unspecified atom stereocenters. The maximum Gasteiger partial charge on any atom is 0.420 e. The van der Waals surface area contributed by atoms with E-state index in [1.807, 2.05) is 34.9 Å². The Bertz CT molecular complexity index is 713. The van der Waals surface area contributed by atoms with Crippen LogP contribution in [0.1, 0.15) is 12.6 Å². The number of fused-ring (bicyclic) bond motifs is 1. The molecule has 0 amide bonds. The molecule has 130 valence electrons. The van der Waals surface area contributed by atoms with E-state index >= 15 is 0 Å². The maximum atomic E-state index is 12.9. The molecule has 8 heteroatoms. The molecule has 2 N–H and O–H groups in total. The Hall–Kier alpha value is -1.90. The van der Waals surface area contributed by atoms with Crippen LogP contribution in [0.15, 0.2) is 36.5 Å². The molecule has 1 aromatic heterocycles. The van der Waals surface area contributed by atoms with Gasteiger partial charge in [0.2, 0.25) is 0 Å². The summed E-state index contributed by atoms with van der Waals surface area (Å²) >= 11 is 0. The van der Waals surface area contributed by atoms with Crippen LogP contribution in [0.5, 0.6) is 0 Å². The maximum absolute atomic E-state index is 12.9. The topological polar surface area (TPSA) is 61.5 Å². The van der Waals surface area contributed by atoms with E-state index in [0.29, 0.717) is 19.2 Å². The van der Waals surface area contributed by atoms with Crippen LogP contribution in [0.25, 0.3) is 11.4 Å². The Morgan fingerprint density at radius 2 is 1.83 bits per heavy atom. The van der Waals surface area contributed by atoms with Crippen molar-refractivity contribution in [3.8, 4) is 11.4 Å². The van der Waals surface area contributed by atoms with Crippen molar-refractivity contribution in [3.63, 3.8) is 0 Å². The van der Waals surface area contributed by atoms with Gasteiger partial charge in [0, 0.05) is 25.2 Å². The molecule has 3 rings (SSSR count). The van der Waals surface area contributed by atoms with Gasteiger partial charge in [-0.1, -0.05) is 30.3 Å². The number of hydrogen-bond donors (Lipinski definition) is 2. The van der Waals surface area contributed by atoms with Gasteiger partial charge in [0.1, 0.15) is 12.1 Å². The first kappa shape index (κ1) is 16.9. The third-order valence-corrected chi connectivity index (χ3v) is 4.37. The number of aliphatic hydroxyl groups is 2. The van der Waals surface area contributed by atoms with Crippen LogP contribution >= 0.6 is 0 Å². The molecule has 1 aromatic carbocycles. The Labute approximate surface area is 137 Å². The number of nitrogens with zero attached hydrogens (tertiary/aromatic N) is 3. The summed E-state index contributed by atoms with van der Waals surface area (Å²) in [6, 6.07) is 9.48. The molecule has 0 bridgehead atoms. The average Bonchev–Trinajstić information content (AvgIpc) is 2.97. The summed E-state index contributed by atoms with van der Waals surface area (Å²) in [6.45, 7) is 1.22. The van der Waals surface area contributed by atoms with Gasteiger partial charge < -0.3 is 14.8 Å². The summed E-state index contributed by atoms with van der Waals surface area (Å²) in [5.74, 6) is 0.738. The van der Waals surface area contributed by atoms with E-state index in [9.17, 15) is 23.4 Å². The SMILES string of the molecule is C[C@@](O)(C(O)N1CCn2c(cnc2-c2ccccc2)C1)C(F)(F)F. The molecule has 0 radical (unpaired) electrons. The lowest BCUT2D eigenvalue weighted by Gasteiger charge is -2.40. The van der Waals surface area contributed by atoms with Gasteiger partial charge in [0.15, 0.2) is 5.60 Å². The normalized spacial score (nSPS) is 19.6. The lowest BCUT2D eigenvalue weighted by atomic mass is 10.0. The smallest absolute Gasteiger partial charge is 0.378 e. The minimum absolute atomic E-state index is 0.0766. The highest BCUT2D eigenvalue weighted by Crippen LogP contribution is 2.35. The van der Waals surface area contributed by atoms with E-state index in [0.717, 1.165) is 11.4 Å². The monoisotopic (exact) mass is 341 g/mol. The minimum atomic E-state index is -4.92. The summed E-state index contributed by atoms with van der Waals surface area (Å²) in [7, 11) is 0. The van der Waals surface area contributed by atoms with Gasteiger partial charge in [-0.25, -0.2) is 4.98 Å². The predicted molar refractivity (Wildman–Crippen MR) is 80.8 cm³/mol. The molecular weight excluding hydrogens is 323 g/mol. The van der Waals surface area contributed by atoms with E-state index in [2.05, 4.69) is 4.98 Å². The van der Waals surface area contributed by atoms with Gasteiger partial charge in [-0.2, -0.15) is 13.2 Å². The fraction of sp³-hybridized carbons (Fsp3) is 0.438. The fourth-order valence-electron chi connectivity index (χ4n) is 2.83. The van der Waals surface area contributed by atoms with Crippen molar-refractivity contribution in [1.29, 1.82) is 0 Å². The number of aromatic nitrogens is 2. The first-order valence-electron chi connectivity index (χ1n) is 7.53. The van der Waals surface area contributed by atoms with Gasteiger partial charge in [-0.05, 0) is 6.92 Å².